The van der Waals surface area contributed by atoms with Crippen LogP contribution in [-0.2, 0) is 0 Å². The fraction of sp³-hybridized carbons (Fsp3) is 0.200. The fourth-order valence-electron chi connectivity index (χ4n) is 3.12. The molecule has 0 unspecified atom stereocenters. The number of amides is 1. The van der Waals surface area contributed by atoms with Gasteiger partial charge in [-0.1, -0.05) is 49.0 Å². The molecule has 0 saturated heterocycles. The topological polar surface area (TPSA) is 110 Å². The van der Waals surface area contributed by atoms with Crippen LogP contribution in [0.4, 0.5) is 5.69 Å². The molecule has 0 aliphatic heterocycles. The molecule has 0 atom stereocenters. The summed E-state index contributed by atoms with van der Waals surface area (Å²) in [5.41, 5.74) is 2.82. The van der Waals surface area contributed by atoms with Crippen molar-refractivity contribution in [1.29, 1.82) is 0 Å². The molecule has 1 aromatic heterocycles. The van der Waals surface area contributed by atoms with E-state index < -0.39 is 4.92 Å². The van der Waals surface area contributed by atoms with Crippen molar-refractivity contribution in [1.82, 2.24) is 15.3 Å². The third-order valence-electron chi connectivity index (χ3n) is 5.07. The molecule has 3 rings (SSSR count). The number of rotatable bonds is 9. The number of methoxy groups -OCH3 is 1. The predicted octanol–water partition coefficient (Wildman–Crippen LogP) is 6.30. The van der Waals surface area contributed by atoms with Crippen LogP contribution in [0.15, 0.2) is 70.6 Å². The van der Waals surface area contributed by atoms with E-state index in [4.69, 9.17) is 4.74 Å². The van der Waals surface area contributed by atoms with Gasteiger partial charge in [0.25, 0.3) is 11.6 Å². The second kappa shape index (κ2) is 11.3. The van der Waals surface area contributed by atoms with E-state index in [-0.39, 0.29) is 17.3 Å². The van der Waals surface area contributed by atoms with E-state index in [1.165, 1.54) is 23.9 Å². The van der Waals surface area contributed by atoms with E-state index in [1.54, 1.807) is 31.4 Å². The highest BCUT2D eigenvalue weighted by atomic mass is 32.2. The van der Waals surface area contributed by atoms with Crippen molar-refractivity contribution in [2.75, 3.05) is 7.11 Å². The second-order valence-electron chi connectivity index (χ2n) is 7.35. The number of aromatic nitrogens is 2. The number of H-pyrrole nitrogens is 1. The summed E-state index contributed by atoms with van der Waals surface area (Å²) in [6.07, 6.45) is 2.68. The Morgan fingerprint density at radius 1 is 1.24 bits per heavy atom. The maximum Gasteiger partial charge on any atom is 0.274 e. The molecule has 1 amide bonds. The molecule has 34 heavy (non-hydrogen) atoms. The Morgan fingerprint density at radius 3 is 2.65 bits per heavy atom. The number of ether oxygens (including phenoxy) is 1. The molecule has 0 spiro atoms. The summed E-state index contributed by atoms with van der Waals surface area (Å²) in [5, 5.41) is 16.9. The molecule has 2 N–H and O–H groups in total. The summed E-state index contributed by atoms with van der Waals surface area (Å²) in [6.45, 7) is 5.90. The quantitative estimate of drug-likeness (QED) is 0.276. The number of imidazole rings is 1. The first kappa shape index (κ1) is 24.8. The number of carbonyl (C=O) groups is 1. The van der Waals surface area contributed by atoms with Crippen LogP contribution in [0.2, 0.25) is 0 Å². The molecule has 8 nitrogen and oxygen atoms in total. The number of nitro groups is 1. The Kier molecular flexibility index (Phi) is 8.26. The minimum Gasteiger partial charge on any atom is -0.497 e. The maximum atomic E-state index is 13.4. The first-order valence-corrected chi connectivity index (χ1v) is 11.5. The largest absolute Gasteiger partial charge is 0.497 e. The van der Waals surface area contributed by atoms with Gasteiger partial charge in [-0.25, -0.2) is 4.98 Å². The van der Waals surface area contributed by atoms with E-state index in [2.05, 4.69) is 15.3 Å². The summed E-state index contributed by atoms with van der Waals surface area (Å²) in [5.74, 6) is 0.613. The lowest BCUT2D eigenvalue weighted by molar-refractivity contribution is -0.384. The van der Waals surface area contributed by atoms with Gasteiger partial charge in [0, 0.05) is 23.3 Å². The van der Waals surface area contributed by atoms with Gasteiger partial charge in [0.15, 0.2) is 0 Å². The van der Waals surface area contributed by atoms with Gasteiger partial charge >= 0.3 is 0 Å². The Hall–Kier alpha value is -3.85. The van der Waals surface area contributed by atoms with Gasteiger partial charge < -0.3 is 15.0 Å². The van der Waals surface area contributed by atoms with Crippen LogP contribution in [-0.4, -0.2) is 27.9 Å². The maximum absolute atomic E-state index is 13.4. The van der Waals surface area contributed by atoms with E-state index in [0.29, 0.717) is 28.4 Å². The van der Waals surface area contributed by atoms with Crippen LogP contribution in [0.5, 0.6) is 5.75 Å². The predicted molar refractivity (Wildman–Crippen MR) is 136 cm³/mol. The van der Waals surface area contributed by atoms with E-state index in [1.807, 2.05) is 44.4 Å². The van der Waals surface area contributed by atoms with Gasteiger partial charge in [-0.05, 0) is 43.4 Å². The first-order chi connectivity index (χ1) is 16.4. The summed E-state index contributed by atoms with van der Waals surface area (Å²) in [6, 6.07) is 13.3. The number of hydrogen-bond donors (Lipinski definition) is 2. The average Bonchev–Trinajstić information content (AvgIpc) is 3.32. The molecular weight excluding hydrogens is 452 g/mol. The highest BCUT2D eigenvalue weighted by molar-refractivity contribution is 8.05. The van der Waals surface area contributed by atoms with Crippen LogP contribution < -0.4 is 10.1 Å². The SMILES string of the molecule is C/C=C\S/C(NC(=O)c1[nH]c(-c2cccc([N+](=O)[O-])c2)nc1-c1cccc(OC)c1)=C(\C)CC. The monoisotopic (exact) mass is 478 g/mol. The van der Waals surface area contributed by atoms with Crippen LogP contribution in [0.3, 0.4) is 0 Å². The number of benzene rings is 2. The van der Waals surface area contributed by atoms with E-state index in [9.17, 15) is 14.9 Å². The lowest BCUT2D eigenvalue weighted by Crippen LogP contribution is -2.23. The summed E-state index contributed by atoms with van der Waals surface area (Å²) in [7, 11) is 1.56. The minimum atomic E-state index is -0.466. The Balaban J connectivity index is 2.11. The molecule has 3 aromatic rings. The Morgan fingerprint density at radius 2 is 1.97 bits per heavy atom. The number of aromatic amines is 1. The number of non-ortho nitro benzene ring substituents is 1. The molecule has 2 aromatic carbocycles. The van der Waals surface area contributed by atoms with Crippen LogP contribution in [0.25, 0.3) is 22.6 Å². The summed E-state index contributed by atoms with van der Waals surface area (Å²) >= 11 is 1.43. The smallest absolute Gasteiger partial charge is 0.274 e. The first-order valence-electron chi connectivity index (χ1n) is 10.7. The lowest BCUT2D eigenvalue weighted by Gasteiger charge is -2.11. The number of allylic oxidation sites excluding steroid dienone is 2. The van der Waals surface area contributed by atoms with Crippen molar-refractivity contribution >= 4 is 23.4 Å². The average molecular weight is 479 g/mol. The fourth-order valence-corrected chi connectivity index (χ4v) is 3.89. The van der Waals surface area contributed by atoms with Gasteiger partial charge in [-0.15, -0.1) is 0 Å². The Labute approximate surface area is 202 Å². The van der Waals surface area contributed by atoms with Crippen molar-refractivity contribution in [2.45, 2.75) is 27.2 Å². The molecule has 176 valence electrons. The molecular formula is C25H26N4O4S. The van der Waals surface area contributed by atoms with Gasteiger partial charge in [0.1, 0.15) is 23.0 Å². The molecule has 9 heteroatoms. The van der Waals surface area contributed by atoms with Crippen molar-refractivity contribution in [3.8, 4) is 28.4 Å². The normalized spacial score (nSPS) is 11.9. The van der Waals surface area contributed by atoms with Crippen molar-refractivity contribution < 1.29 is 14.5 Å². The molecule has 0 fully saturated rings. The Bertz CT molecular complexity index is 1260. The number of carbonyl (C=O) groups excluding carboxylic acids is 1. The molecule has 0 saturated carbocycles. The zero-order chi connectivity index (χ0) is 24.7. The number of thioether (sulfide) groups is 1. The molecule has 0 bridgehead atoms. The van der Waals surface area contributed by atoms with Crippen molar-refractivity contribution in [2.24, 2.45) is 0 Å². The zero-order valence-electron chi connectivity index (χ0n) is 19.4. The van der Waals surface area contributed by atoms with E-state index >= 15 is 0 Å². The molecule has 1 heterocycles. The number of hydrogen-bond acceptors (Lipinski definition) is 6. The molecule has 0 aliphatic rings. The van der Waals surface area contributed by atoms with Gasteiger partial charge in [0.05, 0.1) is 17.1 Å². The van der Waals surface area contributed by atoms with Gasteiger partial charge in [-0.2, -0.15) is 0 Å². The van der Waals surface area contributed by atoms with Crippen LogP contribution in [0.1, 0.15) is 37.7 Å². The molecule has 0 aliphatic carbocycles. The number of nitrogens with zero attached hydrogens (tertiary/aromatic N) is 2. The number of nitrogens with one attached hydrogen (secondary N) is 2. The minimum absolute atomic E-state index is 0.0608. The van der Waals surface area contributed by atoms with Crippen molar-refractivity contribution in [3.05, 3.63) is 86.4 Å². The number of nitro benzene ring substituents is 1. The van der Waals surface area contributed by atoms with Crippen LogP contribution >= 0.6 is 11.8 Å². The van der Waals surface area contributed by atoms with Gasteiger partial charge in [-0.3, -0.25) is 14.9 Å². The third kappa shape index (κ3) is 5.74. The summed E-state index contributed by atoms with van der Waals surface area (Å²) < 4.78 is 5.33. The lowest BCUT2D eigenvalue weighted by atomic mass is 10.1. The van der Waals surface area contributed by atoms with Crippen molar-refractivity contribution in [3.63, 3.8) is 0 Å². The standard InChI is InChI=1S/C25H26N4O4S/c1-5-13-34-25(16(3)6-2)28-24(30)22-21(17-9-8-12-20(15-17)33-4)26-23(27-22)18-10-7-11-19(14-18)29(31)32/h5,7-15H,6H2,1-4H3,(H,26,27)(H,28,30)/b13-5-,25-16+. The van der Waals surface area contributed by atoms with Crippen LogP contribution in [0, 0.1) is 10.1 Å². The molecule has 0 radical (unpaired) electrons. The zero-order valence-corrected chi connectivity index (χ0v) is 20.2. The summed E-state index contributed by atoms with van der Waals surface area (Å²) in [4.78, 5) is 31.9. The third-order valence-corrected chi connectivity index (χ3v) is 6.17. The highest BCUT2D eigenvalue weighted by Gasteiger charge is 2.22. The second-order valence-corrected chi connectivity index (χ2v) is 8.27. The van der Waals surface area contributed by atoms with E-state index in [0.717, 1.165) is 17.0 Å². The highest BCUT2D eigenvalue weighted by Crippen LogP contribution is 2.30. The van der Waals surface area contributed by atoms with Gasteiger partial charge in [0.2, 0.25) is 0 Å².